The van der Waals surface area contributed by atoms with Crippen LogP contribution >= 0.6 is 11.3 Å². The Labute approximate surface area is 104 Å². The van der Waals surface area contributed by atoms with Crippen LogP contribution in [0.3, 0.4) is 0 Å². The Balaban J connectivity index is 2.36. The fourth-order valence-electron chi connectivity index (χ4n) is 1.30. The zero-order valence-corrected chi connectivity index (χ0v) is 10.9. The van der Waals surface area contributed by atoms with Gasteiger partial charge < -0.3 is 14.6 Å². The number of hydrogen-bond donors (Lipinski definition) is 1. The van der Waals surface area contributed by atoms with Crippen LogP contribution in [0.5, 0.6) is 0 Å². The van der Waals surface area contributed by atoms with E-state index in [2.05, 4.69) is 4.98 Å². The number of aliphatic carboxylic acids is 1. The van der Waals surface area contributed by atoms with Gasteiger partial charge in [0.25, 0.3) is 0 Å². The van der Waals surface area contributed by atoms with Crippen LogP contribution in [0.4, 0.5) is 0 Å². The molecule has 1 aromatic rings. The molecule has 0 saturated heterocycles. The van der Waals surface area contributed by atoms with Crippen LogP contribution in [0.15, 0.2) is 0 Å². The lowest BCUT2D eigenvalue weighted by Gasteiger charge is -2.00. The maximum Gasteiger partial charge on any atom is 0.308 e. The number of aryl methyl sites for hydroxylation is 1. The molecule has 0 aliphatic heterocycles. The van der Waals surface area contributed by atoms with Gasteiger partial charge in [0, 0.05) is 18.4 Å². The smallest absolute Gasteiger partial charge is 0.308 e. The van der Waals surface area contributed by atoms with E-state index in [0.29, 0.717) is 19.8 Å². The number of rotatable bonds is 8. The summed E-state index contributed by atoms with van der Waals surface area (Å²) in [7, 11) is 1.63. The first-order valence-electron chi connectivity index (χ1n) is 5.37. The summed E-state index contributed by atoms with van der Waals surface area (Å²) < 4.78 is 10.2. The van der Waals surface area contributed by atoms with Crippen LogP contribution in [0.25, 0.3) is 0 Å². The van der Waals surface area contributed by atoms with E-state index in [1.54, 1.807) is 7.11 Å². The van der Waals surface area contributed by atoms with Gasteiger partial charge in [-0.2, -0.15) is 0 Å². The molecule has 1 aromatic heterocycles. The van der Waals surface area contributed by atoms with Crippen LogP contribution in [0.1, 0.15) is 15.6 Å². The van der Waals surface area contributed by atoms with Gasteiger partial charge in [0.1, 0.15) is 0 Å². The van der Waals surface area contributed by atoms with Gasteiger partial charge in [0.2, 0.25) is 0 Å². The lowest BCUT2D eigenvalue weighted by Crippen LogP contribution is -2.04. The molecule has 0 bridgehead atoms. The first-order valence-corrected chi connectivity index (χ1v) is 6.18. The Bertz CT molecular complexity index is 364. The summed E-state index contributed by atoms with van der Waals surface area (Å²) in [6, 6.07) is 0. The van der Waals surface area contributed by atoms with E-state index in [0.717, 1.165) is 22.0 Å². The van der Waals surface area contributed by atoms with E-state index in [1.165, 1.54) is 11.3 Å². The second-order valence-corrected chi connectivity index (χ2v) is 4.71. The largest absolute Gasteiger partial charge is 0.481 e. The van der Waals surface area contributed by atoms with Crippen molar-refractivity contribution in [2.75, 3.05) is 26.9 Å². The highest BCUT2D eigenvalue weighted by Gasteiger charge is 2.10. The average Bonchev–Trinajstić information content (AvgIpc) is 2.58. The minimum atomic E-state index is -0.820. The zero-order valence-electron chi connectivity index (χ0n) is 10.1. The third kappa shape index (κ3) is 5.25. The quantitative estimate of drug-likeness (QED) is 0.712. The zero-order chi connectivity index (χ0) is 12.7. The minimum Gasteiger partial charge on any atom is -0.481 e. The Kier molecular flexibility index (Phi) is 6.10. The fourth-order valence-corrected chi connectivity index (χ4v) is 2.34. The van der Waals surface area contributed by atoms with E-state index in [4.69, 9.17) is 14.6 Å². The highest BCUT2D eigenvalue weighted by molar-refractivity contribution is 7.11. The fraction of sp³-hybridized carbons (Fsp3) is 0.636. The summed E-state index contributed by atoms with van der Waals surface area (Å²) in [6.45, 7) is 3.58. The van der Waals surface area contributed by atoms with Crippen molar-refractivity contribution in [3.8, 4) is 0 Å². The van der Waals surface area contributed by atoms with Crippen molar-refractivity contribution in [1.82, 2.24) is 4.98 Å². The molecule has 1 heterocycles. The predicted octanol–water partition coefficient (Wildman–Crippen LogP) is 1.28. The number of aromatic nitrogens is 1. The molecule has 0 aliphatic carbocycles. The second-order valence-electron chi connectivity index (χ2n) is 3.54. The van der Waals surface area contributed by atoms with Gasteiger partial charge in [0.05, 0.1) is 36.9 Å². The van der Waals surface area contributed by atoms with E-state index in [9.17, 15) is 4.79 Å². The standard InChI is InChI=1S/C11H17NO4S/c1-8-9(7-11(13)14)17-10(12-8)3-4-16-6-5-15-2/h3-7H2,1-2H3,(H,13,14). The van der Waals surface area contributed by atoms with Crippen LogP contribution in [0.2, 0.25) is 0 Å². The summed E-state index contributed by atoms with van der Waals surface area (Å²) >= 11 is 1.45. The summed E-state index contributed by atoms with van der Waals surface area (Å²) in [4.78, 5) is 15.8. The number of carboxylic acids is 1. The molecule has 0 aromatic carbocycles. The number of hydrogen-bond acceptors (Lipinski definition) is 5. The average molecular weight is 259 g/mol. The monoisotopic (exact) mass is 259 g/mol. The Hall–Kier alpha value is -0.980. The lowest BCUT2D eigenvalue weighted by atomic mass is 10.3. The molecule has 0 fully saturated rings. The summed E-state index contributed by atoms with van der Waals surface area (Å²) in [5, 5.41) is 9.64. The topological polar surface area (TPSA) is 68.7 Å². The molecule has 0 saturated carbocycles. The number of methoxy groups -OCH3 is 1. The van der Waals surface area contributed by atoms with Crippen molar-refractivity contribution >= 4 is 17.3 Å². The van der Waals surface area contributed by atoms with Crippen molar-refractivity contribution in [2.45, 2.75) is 19.8 Å². The van der Waals surface area contributed by atoms with Crippen LogP contribution in [-0.2, 0) is 27.1 Å². The lowest BCUT2D eigenvalue weighted by molar-refractivity contribution is -0.136. The van der Waals surface area contributed by atoms with Crippen LogP contribution in [-0.4, -0.2) is 43.0 Å². The van der Waals surface area contributed by atoms with Crippen molar-refractivity contribution in [3.63, 3.8) is 0 Å². The third-order valence-electron chi connectivity index (χ3n) is 2.14. The van der Waals surface area contributed by atoms with E-state index in [1.807, 2.05) is 6.92 Å². The molecule has 0 amide bonds. The molecule has 17 heavy (non-hydrogen) atoms. The van der Waals surface area contributed by atoms with Gasteiger partial charge in [-0.05, 0) is 6.92 Å². The van der Waals surface area contributed by atoms with Gasteiger partial charge in [-0.3, -0.25) is 4.79 Å². The van der Waals surface area contributed by atoms with Gasteiger partial charge in [-0.25, -0.2) is 4.98 Å². The summed E-state index contributed by atoms with van der Waals surface area (Å²) in [5.74, 6) is -0.820. The van der Waals surface area contributed by atoms with E-state index in [-0.39, 0.29) is 6.42 Å². The molecular weight excluding hydrogens is 242 g/mol. The highest BCUT2D eigenvalue weighted by atomic mass is 32.1. The third-order valence-corrected chi connectivity index (χ3v) is 3.36. The number of carboxylic acid groups (broad SMARTS) is 1. The summed E-state index contributed by atoms with van der Waals surface area (Å²) in [6.07, 6.45) is 0.767. The molecule has 96 valence electrons. The predicted molar refractivity (Wildman–Crippen MR) is 64.6 cm³/mol. The molecular formula is C11H17NO4S. The number of ether oxygens (including phenoxy) is 2. The van der Waals surface area contributed by atoms with Crippen molar-refractivity contribution in [3.05, 3.63) is 15.6 Å². The number of thiazole rings is 1. The van der Waals surface area contributed by atoms with Gasteiger partial charge in [-0.1, -0.05) is 0 Å². The molecule has 0 radical (unpaired) electrons. The molecule has 1 rings (SSSR count). The van der Waals surface area contributed by atoms with Gasteiger partial charge in [0.15, 0.2) is 0 Å². The molecule has 1 N–H and O–H groups in total. The normalized spacial score (nSPS) is 10.7. The van der Waals surface area contributed by atoms with Crippen molar-refractivity contribution < 1.29 is 19.4 Å². The van der Waals surface area contributed by atoms with Gasteiger partial charge in [-0.15, -0.1) is 11.3 Å². The molecule has 6 heteroatoms. The Morgan fingerprint density at radius 3 is 2.82 bits per heavy atom. The number of nitrogens with zero attached hydrogens (tertiary/aromatic N) is 1. The second kappa shape index (κ2) is 7.37. The van der Waals surface area contributed by atoms with Crippen LogP contribution in [0, 0.1) is 6.92 Å². The van der Waals surface area contributed by atoms with Crippen molar-refractivity contribution in [1.29, 1.82) is 0 Å². The minimum absolute atomic E-state index is 0.0496. The first kappa shape index (κ1) is 14.1. The Morgan fingerprint density at radius 2 is 2.18 bits per heavy atom. The maximum atomic E-state index is 10.6. The number of carbonyl (C=O) groups is 1. The van der Waals surface area contributed by atoms with E-state index < -0.39 is 5.97 Å². The molecule has 0 aliphatic rings. The first-order chi connectivity index (χ1) is 8.13. The van der Waals surface area contributed by atoms with Crippen molar-refractivity contribution in [2.24, 2.45) is 0 Å². The van der Waals surface area contributed by atoms with Gasteiger partial charge >= 0.3 is 5.97 Å². The molecule has 0 spiro atoms. The SMILES string of the molecule is COCCOCCc1nc(C)c(CC(=O)O)s1. The van der Waals surface area contributed by atoms with Crippen LogP contribution < -0.4 is 0 Å². The van der Waals surface area contributed by atoms with E-state index >= 15 is 0 Å². The highest BCUT2D eigenvalue weighted by Crippen LogP contribution is 2.19. The maximum absolute atomic E-state index is 10.6. The Morgan fingerprint density at radius 1 is 1.41 bits per heavy atom. The molecule has 0 atom stereocenters. The summed E-state index contributed by atoms with van der Waals surface area (Å²) in [5.41, 5.74) is 0.810. The molecule has 0 unspecified atom stereocenters. The molecule has 5 nitrogen and oxygen atoms in total.